The molecular weight excluding hydrogens is 537 g/mol. The molecule has 0 radical (unpaired) electrons. The summed E-state index contributed by atoms with van der Waals surface area (Å²) in [5.41, 5.74) is 0.552. The maximum atomic E-state index is 13.9. The molecule has 12 heteroatoms. The Balaban J connectivity index is 1.48. The van der Waals surface area contributed by atoms with Gasteiger partial charge in [-0.3, -0.25) is 14.2 Å². The average Bonchev–Trinajstić information content (AvgIpc) is 3.25. The number of hydrogen-bond donors (Lipinski definition) is 1. The Morgan fingerprint density at radius 1 is 1.21 bits per heavy atom. The van der Waals surface area contributed by atoms with E-state index >= 15 is 0 Å². The number of ether oxygens (including phenoxy) is 1. The largest absolute Gasteiger partial charge is 0.497 e. The summed E-state index contributed by atoms with van der Waals surface area (Å²) in [7, 11) is 3.58. The number of fused-ring (bicyclic) bond motifs is 3. The zero-order chi connectivity index (χ0) is 27.0. The number of thiophene rings is 1. The summed E-state index contributed by atoms with van der Waals surface area (Å²) in [5, 5.41) is 3.41. The summed E-state index contributed by atoms with van der Waals surface area (Å²) >= 11 is 2.52. The summed E-state index contributed by atoms with van der Waals surface area (Å²) in [6.07, 6.45) is -3.77. The number of halogens is 3. The molecule has 1 aliphatic rings. The van der Waals surface area contributed by atoms with Gasteiger partial charge in [-0.05, 0) is 61.5 Å². The van der Waals surface area contributed by atoms with E-state index in [4.69, 9.17) is 9.72 Å². The van der Waals surface area contributed by atoms with Crippen LogP contribution in [0.1, 0.15) is 16.0 Å². The first-order chi connectivity index (χ1) is 18.1. The first-order valence-corrected chi connectivity index (χ1v) is 13.4. The van der Waals surface area contributed by atoms with Crippen LogP contribution < -0.4 is 15.6 Å². The molecule has 0 spiro atoms. The van der Waals surface area contributed by atoms with Crippen molar-refractivity contribution in [2.24, 2.45) is 0 Å². The number of aromatic nitrogens is 2. The minimum atomic E-state index is -4.52. The van der Waals surface area contributed by atoms with Gasteiger partial charge >= 0.3 is 6.18 Å². The number of nitrogens with zero attached hydrogens (tertiary/aromatic N) is 3. The Kier molecular flexibility index (Phi) is 7.21. The Bertz CT molecular complexity index is 1570. The van der Waals surface area contributed by atoms with Crippen LogP contribution in [0.3, 0.4) is 0 Å². The van der Waals surface area contributed by atoms with Gasteiger partial charge in [0.05, 0.1) is 29.5 Å². The second kappa shape index (κ2) is 10.4. The molecule has 198 valence electrons. The van der Waals surface area contributed by atoms with Crippen LogP contribution in [0.4, 0.5) is 18.9 Å². The van der Waals surface area contributed by atoms with E-state index in [1.165, 1.54) is 28.0 Å². The van der Waals surface area contributed by atoms with Gasteiger partial charge in [0.15, 0.2) is 5.16 Å². The number of hydrogen-bond acceptors (Lipinski definition) is 7. The molecule has 0 fully saturated rings. The number of rotatable bonds is 6. The van der Waals surface area contributed by atoms with Gasteiger partial charge in [-0.25, -0.2) is 4.98 Å². The molecule has 1 amide bonds. The first kappa shape index (κ1) is 26.3. The molecule has 0 bridgehead atoms. The maximum absolute atomic E-state index is 13.9. The van der Waals surface area contributed by atoms with Crippen molar-refractivity contribution in [1.29, 1.82) is 0 Å². The van der Waals surface area contributed by atoms with Crippen molar-refractivity contribution in [2.45, 2.75) is 24.3 Å². The SMILES string of the molecule is COc1ccc(-n2c(SCC(=O)Nc3cccc(C(F)(F)F)c3)nc3sc4c(c3c2=O)CCN(C)C4)cc1. The normalized spacial score (nSPS) is 13.9. The molecule has 2 aromatic carbocycles. The molecule has 0 saturated carbocycles. The number of alkyl halides is 3. The van der Waals surface area contributed by atoms with Crippen molar-refractivity contribution in [3.63, 3.8) is 0 Å². The number of amides is 1. The number of anilines is 1. The molecule has 5 rings (SSSR count). The highest BCUT2D eigenvalue weighted by molar-refractivity contribution is 7.99. The van der Waals surface area contributed by atoms with E-state index in [0.29, 0.717) is 26.8 Å². The summed E-state index contributed by atoms with van der Waals surface area (Å²) in [6, 6.07) is 11.4. The Morgan fingerprint density at radius 2 is 1.97 bits per heavy atom. The third kappa shape index (κ3) is 5.29. The Labute approximate surface area is 224 Å². The zero-order valence-corrected chi connectivity index (χ0v) is 22.1. The third-order valence-corrected chi connectivity index (χ3v) is 8.22. The van der Waals surface area contributed by atoms with Gasteiger partial charge in [0.1, 0.15) is 10.6 Å². The van der Waals surface area contributed by atoms with E-state index < -0.39 is 17.6 Å². The van der Waals surface area contributed by atoms with Crippen LogP contribution in [-0.2, 0) is 23.9 Å². The van der Waals surface area contributed by atoms with Crippen molar-refractivity contribution < 1.29 is 22.7 Å². The van der Waals surface area contributed by atoms with Crippen molar-refractivity contribution in [3.05, 3.63) is 74.9 Å². The van der Waals surface area contributed by atoms with Crippen LogP contribution in [0.15, 0.2) is 58.5 Å². The molecule has 1 N–H and O–H groups in total. The number of benzene rings is 2. The van der Waals surface area contributed by atoms with Gasteiger partial charge in [-0.2, -0.15) is 13.2 Å². The summed E-state index contributed by atoms with van der Waals surface area (Å²) < 4.78 is 45.8. The molecule has 1 aliphatic heterocycles. The monoisotopic (exact) mass is 560 g/mol. The van der Waals surface area contributed by atoms with E-state index in [0.717, 1.165) is 53.8 Å². The smallest absolute Gasteiger partial charge is 0.416 e. The summed E-state index contributed by atoms with van der Waals surface area (Å²) in [4.78, 5) is 35.2. The number of likely N-dealkylation sites (N-methyl/N-ethyl adjacent to an activating group) is 1. The fraction of sp³-hybridized carbons (Fsp3) is 0.269. The second-order valence-electron chi connectivity index (χ2n) is 8.82. The predicted octanol–water partition coefficient (Wildman–Crippen LogP) is 5.19. The minimum Gasteiger partial charge on any atom is -0.497 e. The lowest BCUT2D eigenvalue weighted by molar-refractivity contribution is -0.137. The number of carbonyl (C=O) groups is 1. The standard InChI is InChI=1S/C26H23F3N4O3S2/c1-32-11-10-19-20(13-32)38-23-22(19)24(35)33(17-6-8-18(36-2)9-7-17)25(31-23)37-14-21(34)30-16-5-3-4-15(12-16)26(27,28)29/h3-9,12H,10-11,13-14H2,1-2H3,(H,30,34). The van der Waals surface area contributed by atoms with Crippen molar-refractivity contribution in [3.8, 4) is 11.4 Å². The molecule has 38 heavy (non-hydrogen) atoms. The van der Waals surface area contributed by atoms with E-state index in [1.54, 1.807) is 31.4 Å². The van der Waals surface area contributed by atoms with Crippen LogP contribution in [0.5, 0.6) is 5.75 Å². The fourth-order valence-corrected chi connectivity index (χ4v) is 6.46. The predicted molar refractivity (Wildman–Crippen MR) is 143 cm³/mol. The van der Waals surface area contributed by atoms with Crippen LogP contribution in [0.2, 0.25) is 0 Å². The van der Waals surface area contributed by atoms with Crippen LogP contribution >= 0.6 is 23.1 Å². The van der Waals surface area contributed by atoms with Crippen molar-refractivity contribution >= 4 is 44.9 Å². The van der Waals surface area contributed by atoms with Gasteiger partial charge in [0.25, 0.3) is 5.56 Å². The lowest BCUT2D eigenvalue weighted by atomic mass is 10.1. The molecule has 0 unspecified atom stereocenters. The number of thioether (sulfide) groups is 1. The first-order valence-electron chi connectivity index (χ1n) is 11.6. The average molecular weight is 561 g/mol. The van der Waals surface area contributed by atoms with E-state index in [9.17, 15) is 22.8 Å². The highest BCUT2D eigenvalue weighted by atomic mass is 32.2. The lowest BCUT2D eigenvalue weighted by Gasteiger charge is -2.21. The maximum Gasteiger partial charge on any atom is 0.416 e. The quantitative estimate of drug-likeness (QED) is 0.258. The zero-order valence-electron chi connectivity index (χ0n) is 20.5. The van der Waals surface area contributed by atoms with Crippen LogP contribution in [-0.4, -0.2) is 46.8 Å². The van der Waals surface area contributed by atoms with Crippen molar-refractivity contribution in [1.82, 2.24) is 14.5 Å². The Hall–Kier alpha value is -3.35. The highest BCUT2D eigenvalue weighted by Gasteiger charge is 2.30. The molecule has 0 aliphatic carbocycles. The van der Waals surface area contributed by atoms with Crippen molar-refractivity contribution in [2.75, 3.05) is 31.8 Å². The topological polar surface area (TPSA) is 76.5 Å². The molecule has 3 heterocycles. The van der Waals surface area contributed by atoms with Gasteiger partial charge in [0.2, 0.25) is 5.91 Å². The molecule has 7 nitrogen and oxygen atoms in total. The minimum absolute atomic E-state index is 0.0384. The summed E-state index contributed by atoms with van der Waals surface area (Å²) in [5.74, 6) is -0.0449. The molecular formula is C26H23F3N4O3S2. The molecule has 4 aromatic rings. The van der Waals surface area contributed by atoms with E-state index in [-0.39, 0.29) is 17.0 Å². The van der Waals surface area contributed by atoms with Crippen LogP contribution in [0.25, 0.3) is 15.9 Å². The van der Waals surface area contributed by atoms with E-state index in [2.05, 4.69) is 10.2 Å². The second-order valence-corrected chi connectivity index (χ2v) is 10.8. The highest BCUT2D eigenvalue weighted by Crippen LogP contribution is 2.34. The van der Waals surface area contributed by atoms with Gasteiger partial charge in [-0.1, -0.05) is 17.8 Å². The van der Waals surface area contributed by atoms with Crippen LogP contribution in [0, 0.1) is 0 Å². The van der Waals surface area contributed by atoms with E-state index in [1.807, 2.05) is 7.05 Å². The molecule has 2 aromatic heterocycles. The van der Waals surface area contributed by atoms with Gasteiger partial charge in [0, 0.05) is 23.7 Å². The summed E-state index contributed by atoms with van der Waals surface area (Å²) in [6.45, 7) is 1.58. The third-order valence-electron chi connectivity index (χ3n) is 6.17. The lowest BCUT2D eigenvalue weighted by Crippen LogP contribution is -2.27. The number of nitrogens with one attached hydrogen (secondary N) is 1. The van der Waals surface area contributed by atoms with Gasteiger partial charge < -0.3 is 15.0 Å². The number of methoxy groups -OCH3 is 1. The molecule has 0 atom stereocenters. The Morgan fingerprint density at radius 3 is 2.68 bits per heavy atom. The molecule has 0 saturated heterocycles. The van der Waals surface area contributed by atoms with Gasteiger partial charge in [-0.15, -0.1) is 11.3 Å². The number of carbonyl (C=O) groups excluding carboxylic acids is 1. The fourth-order valence-electron chi connectivity index (χ4n) is 4.31.